The van der Waals surface area contributed by atoms with Crippen LogP contribution in [0, 0.1) is 19.7 Å². The third-order valence-corrected chi connectivity index (χ3v) is 3.57. The highest BCUT2D eigenvalue weighted by molar-refractivity contribution is 5.45. The van der Waals surface area contributed by atoms with Crippen molar-refractivity contribution >= 4 is 0 Å². The first-order valence-electron chi connectivity index (χ1n) is 6.64. The van der Waals surface area contributed by atoms with Crippen LogP contribution in [-0.2, 0) is 0 Å². The Hall–Kier alpha value is -2.07. The SMILES string of the molecule is COc1cc(C)c(C(O)c2ccc(OC)c(F)c2)cc1C. The first-order valence-corrected chi connectivity index (χ1v) is 6.64. The summed E-state index contributed by atoms with van der Waals surface area (Å²) < 4.78 is 23.9. The third-order valence-electron chi connectivity index (χ3n) is 3.57. The van der Waals surface area contributed by atoms with Gasteiger partial charge < -0.3 is 14.6 Å². The minimum atomic E-state index is -0.894. The molecule has 2 aromatic rings. The maximum atomic E-state index is 13.8. The van der Waals surface area contributed by atoms with Crippen molar-refractivity contribution in [3.8, 4) is 11.5 Å². The van der Waals surface area contributed by atoms with Crippen molar-refractivity contribution in [2.45, 2.75) is 20.0 Å². The molecule has 2 aromatic carbocycles. The van der Waals surface area contributed by atoms with E-state index >= 15 is 0 Å². The Morgan fingerprint density at radius 3 is 2.19 bits per heavy atom. The Bertz CT molecular complexity index is 653. The number of hydrogen-bond donors (Lipinski definition) is 1. The molecule has 0 aliphatic carbocycles. The molecule has 0 saturated heterocycles. The Balaban J connectivity index is 2.42. The van der Waals surface area contributed by atoms with E-state index in [2.05, 4.69) is 0 Å². The fourth-order valence-electron chi connectivity index (χ4n) is 2.36. The van der Waals surface area contributed by atoms with E-state index < -0.39 is 11.9 Å². The average molecular weight is 290 g/mol. The summed E-state index contributed by atoms with van der Waals surface area (Å²) in [6.07, 6.45) is -0.894. The number of aliphatic hydroxyl groups excluding tert-OH is 1. The standard InChI is InChI=1S/C17H19FO3/c1-10-8-16(21-4)11(2)7-13(10)17(19)12-5-6-15(20-3)14(18)9-12/h5-9,17,19H,1-4H3. The normalized spacial score (nSPS) is 12.1. The topological polar surface area (TPSA) is 38.7 Å². The number of ether oxygens (including phenoxy) is 2. The fourth-order valence-corrected chi connectivity index (χ4v) is 2.36. The van der Waals surface area contributed by atoms with Crippen molar-refractivity contribution < 1.29 is 19.0 Å². The number of aliphatic hydroxyl groups is 1. The quantitative estimate of drug-likeness (QED) is 0.936. The van der Waals surface area contributed by atoms with Crippen LogP contribution >= 0.6 is 0 Å². The number of benzene rings is 2. The predicted molar refractivity (Wildman–Crippen MR) is 79.5 cm³/mol. The molecule has 0 saturated carbocycles. The molecule has 112 valence electrons. The number of methoxy groups -OCH3 is 2. The van der Waals surface area contributed by atoms with E-state index in [0.717, 1.165) is 22.4 Å². The van der Waals surface area contributed by atoms with Gasteiger partial charge >= 0.3 is 0 Å². The first-order chi connectivity index (χ1) is 9.97. The zero-order chi connectivity index (χ0) is 15.6. The lowest BCUT2D eigenvalue weighted by molar-refractivity contribution is 0.218. The Morgan fingerprint density at radius 1 is 0.952 bits per heavy atom. The minimum Gasteiger partial charge on any atom is -0.496 e. The van der Waals surface area contributed by atoms with Gasteiger partial charge in [0.05, 0.1) is 14.2 Å². The highest BCUT2D eigenvalue weighted by Gasteiger charge is 2.17. The molecule has 3 nitrogen and oxygen atoms in total. The lowest BCUT2D eigenvalue weighted by atomic mass is 9.95. The molecule has 1 unspecified atom stereocenters. The van der Waals surface area contributed by atoms with Crippen LogP contribution in [0.25, 0.3) is 0 Å². The molecule has 0 aliphatic rings. The van der Waals surface area contributed by atoms with Gasteiger partial charge in [0.15, 0.2) is 11.6 Å². The maximum Gasteiger partial charge on any atom is 0.165 e. The summed E-state index contributed by atoms with van der Waals surface area (Å²) in [5.41, 5.74) is 3.03. The third kappa shape index (κ3) is 3.00. The molecule has 0 radical (unpaired) electrons. The van der Waals surface area contributed by atoms with Gasteiger partial charge in [0.25, 0.3) is 0 Å². The van der Waals surface area contributed by atoms with Gasteiger partial charge in [-0.05, 0) is 60.4 Å². The lowest BCUT2D eigenvalue weighted by Crippen LogP contribution is -2.04. The molecule has 0 spiro atoms. The van der Waals surface area contributed by atoms with Crippen molar-refractivity contribution in [3.05, 3.63) is 58.4 Å². The minimum absolute atomic E-state index is 0.161. The molecular formula is C17H19FO3. The summed E-state index contributed by atoms with van der Waals surface area (Å²) >= 11 is 0. The van der Waals surface area contributed by atoms with Crippen molar-refractivity contribution in [2.24, 2.45) is 0 Å². The Morgan fingerprint density at radius 2 is 1.62 bits per heavy atom. The van der Waals surface area contributed by atoms with Crippen molar-refractivity contribution in [1.29, 1.82) is 0 Å². The zero-order valence-corrected chi connectivity index (χ0v) is 12.6. The second-order valence-electron chi connectivity index (χ2n) is 4.97. The van der Waals surface area contributed by atoms with E-state index in [1.54, 1.807) is 13.2 Å². The summed E-state index contributed by atoms with van der Waals surface area (Å²) in [6.45, 7) is 3.80. The highest BCUT2D eigenvalue weighted by atomic mass is 19.1. The van der Waals surface area contributed by atoms with E-state index in [1.807, 2.05) is 26.0 Å². The number of hydrogen-bond acceptors (Lipinski definition) is 3. The molecule has 1 N–H and O–H groups in total. The summed E-state index contributed by atoms with van der Waals surface area (Å²) in [7, 11) is 3.02. The van der Waals surface area contributed by atoms with Crippen LogP contribution in [0.15, 0.2) is 30.3 Å². The lowest BCUT2D eigenvalue weighted by Gasteiger charge is -2.17. The molecular weight excluding hydrogens is 271 g/mol. The summed E-state index contributed by atoms with van der Waals surface area (Å²) in [4.78, 5) is 0. The van der Waals surface area contributed by atoms with Crippen LogP contribution in [-0.4, -0.2) is 19.3 Å². The number of rotatable bonds is 4. The molecule has 1 atom stereocenters. The number of halogens is 1. The maximum absolute atomic E-state index is 13.8. The summed E-state index contributed by atoms with van der Waals surface area (Å²) in [5, 5.41) is 10.5. The van der Waals surface area contributed by atoms with Crippen LogP contribution in [0.5, 0.6) is 11.5 Å². The smallest absolute Gasteiger partial charge is 0.165 e. The Labute approximate surface area is 124 Å². The van der Waals surface area contributed by atoms with Gasteiger partial charge in [-0.25, -0.2) is 4.39 Å². The van der Waals surface area contributed by atoms with Crippen LogP contribution in [0.3, 0.4) is 0 Å². The monoisotopic (exact) mass is 290 g/mol. The first kappa shape index (κ1) is 15.3. The summed E-state index contributed by atoms with van der Waals surface area (Å²) in [6, 6.07) is 8.20. The van der Waals surface area contributed by atoms with Gasteiger partial charge in [-0.1, -0.05) is 6.07 Å². The summed E-state index contributed by atoms with van der Waals surface area (Å²) in [5.74, 6) is 0.440. The molecule has 21 heavy (non-hydrogen) atoms. The molecule has 0 amide bonds. The second kappa shape index (κ2) is 6.14. The Kier molecular flexibility index (Phi) is 4.48. The molecule has 0 aromatic heterocycles. The second-order valence-corrected chi connectivity index (χ2v) is 4.97. The van der Waals surface area contributed by atoms with Crippen molar-refractivity contribution in [2.75, 3.05) is 14.2 Å². The van der Waals surface area contributed by atoms with E-state index in [4.69, 9.17) is 9.47 Å². The average Bonchev–Trinajstić information content (AvgIpc) is 2.48. The largest absolute Gasteiger partial charge is 0.496 e. The molecule has 0 fully saturated rings. The molecule has 0 heterocycles. The van der Waals surface area contributed by atoms with Crippen molar-refractivity contribution in [1.82, 2.24) is 0 Å². The molecule has 2 rings (SSSR count). The van der Waals surface area contributed by atoms with Crippen LogP contribution in [0.4, 0.5) is 4.39 Å². The van der Waals surface area contributed by atoms with Gasteiger partial charge in [0.1, 0.15) is 11.9 Å². The van der Waals surface area contributed by atoms with Gasteiger partial charge in [-0.2, -0.15) is 0 Å². The van der Waals surface area contributed by atoms with Gasteiger partial charge in [-0.3, -0.25) is 0 Å². The van der Waals surface area contributed by atoms with E-state index in [-0.39, 0.29) is 5.75 Å². The van der Waals surface area contributed by atoms with Crippen LogP contribution < -0.4 is 9.47 Å². The molecule has 0 aliphatic heterocycles. The molecule has 4 heteroatoms. The van der Waals surface area contributed by atoms with E-state index in [9.17, 15) is 9.50 Å². The fraction of sp³-hybridized carbons (Fsp3) is 0.294. The van der Waals surface area contributed by atoms with E-state index in [0.29, 0.717) is 5.56 Å². The number of aryl methyl sites for hydroxylation is 2. The van der Waals surface area contributed by atoms with Crippen LogP contribution in [0.1, 0.15) is 28.4 Å². The highest BCUT2D eigenvalue weighted by Crippen LogP contribution is 2.31. The van der Waals surface area contributed by atoms with E-state index in [1.165, 1.54) is 19.2 Å². The predicted octanol–water partition coefficient (Wildman–Crippen LogP) is 3.54. The van der Waals surface area contributed by atoms with Crippen molar-refractivity contribution in [3.63, 3.8) is 0 Å². The van der Waals surface area contributed by atoms with Crippen LogP contribution in [0.2, 0.25) is 0 Å². The van der Waals surface area contributed by atoms with Gasteiger partial charge in [0, 0.05) is 0 Å². The van der Waals surface area contributed by atoms with Gasteiger partial charge in [0.2, 0.25) is 0 Å². The zero-order valence-electron chi connectivity index (χ0n) is 12.6. The molecule has 0 bridgehead atoms. The van der Waals surface area contributed by atoms with Gasteiger partial charge in [-0.15, -0.1) is 0 Å².